The second-order valence-corrected chi connectivity index (χ2v) is 10.5. The van der Waals surface area contributed by atoms with Crippen LogP contribution in [0.4, 0.5) is 0 Å². The fourth-order valence-corrected chi connectivity index (χ4v) is 6.36. The van der Waals surface area contributed by atoms with Crippen molar-refractivity contribution in [3.63, 3.8) is 0 Å². The lowest BCUT2D eigenvalue weighted by Crippen LogP contribution is -1.95. The minimum atomic E-state index is -0.948. The Kier molecular flexibility index (Phi) is 2.39. The Morgan fingerprint density at radius 1 is 0.349 bits per heavy atom. The van der Waals surface area contributed by atoms with Gasteiger partial charge in [0.15, 0.2) is 0 Å². The molecule has 0 unspecified atom stereocenters. The molecule has 0 saturated carbocycles. The molecule has 43 heavy (non-hydrogen) atoms. The van der Waals surface area contributed by atoms with Crippen molar-refractivity contribution < 1.29 is 32.9 Å². The number of rotatable bonds is 3. The Balaban J connectivity index is 1.57. The zero-order valence-electron chi connectivity index (χ0n) is 45.6. The standard InChI is InChI=1S/C42H26S/c1-2-11-27(12-3-1)28-21-23-29(24-22-28)40-31-14-4-6-16-33(31)41(34-17-7-5-15-32(34)40)37-26-25-36-30-13-8-9-19-38(30)43-39-20-10-18-35(37)42(36)39/h1-26H/i1D,2D,3D,4D,5D,6D,7D,8D,9D,10D,11D,12D,13D,14D,16D,17D,18D,20D,21D,22D,23D,24D,25D,26D. The number of hydrogen-bond donors (Lipinski definition) is 0. The van der Waals surface area contributed by atoms with E-state index in [1.54, 1.807) is 0 Å². The molecule has 0 spiro atoms. The van der Waals surface area contributed by atoms with Crippen LogP contribution in [0.1, 0.15) is 32.9 Å². The molecule has 0 atom stereocenters. The average molecular weight is 587 g/mol. The molecule has 0 amide bonds. The van der Waals surface area contributed by atoms with Gasteiger partial charge in [-0.05, 0) is 83.5 Å². The zero-order chi connectivity index (χ0) is 49.2. The summed E-state index contributed by atoms with van der Waals surface area (Å²) in [6, 6.07) is -16.3. The van der Waals surface area contributed by atoms with Crippen LogP contribution in [0.25, 0.3) is 76.8 Å². The largest absolute Gasteiger partial charge is 0.0888 e. The molecule has 0 fully saturated rings. The minimum Gasteiger partial charge on any atom is -0.0888 e. The Morgan fingerprint density at radius 3 is 1.79 bits per heavy atom. The van der Waals surface area contributed by atoms with E-state index in [0.717, 1.165) is 17.8 Å². The number of benzene rings is 8. The molecule has 0 saturated heterocycles. The van der Waals surface area contributed by atoms with Crippen LogP contribution in [0.15, 0.2) is 167 Å². The first kappa shape index (κ1) is 10.6. The third kappa shape index (κ3) is 3.79. The summed E-state index contributed by atoms with van der Waals surface area (Å²) in [5.41, 5.74) is -3.88. The van der Waals surface area contributed by atoms with E-state index >= 15 is 0 Å². The first-order valence-electron chi connectivity index (χ1n) is 24.8. The van der Waals surface area contributed by atoms with Gasteiger partial charge in [0.2, 0.25) is 0 Å². The normalized spacial score (nSPS) is 19.9. The van der Waals surface area contributed by atoms with E-state index in [0.29, 0.717) is 0 Å². The molecule has 1 heterocycles. The summed E-state index contributed by atoms with van der Waals surface area (Å²) in [4.78, 5) is 0.0914. The van der Waals surface area contributed by atoms with Gasteiger partial charge in [0.1, 0.15) is 0 Å². The topological polar surface area (TPSA) is 0 Å². The van der Waals surface area contributed by atoms with Crippen LogP contribution in [-0.4, -0.2) is 0 Å². The summed E-state index contributed by atoms with van der Waals surface area (Å²) in [5, 5.41) is -2.51. The van der Waals surface area contributed by atoms with Crippen molar-refractivity contribution in [2.45, 2.75) is 9.79 Å². The molecule has 8 aromatic rings. The Bertz CT molecular complexity index is 3650. The van der Waals surface area contributed by atoms with Gasteiger partial charge < -0.3 is 0 Å². The summed E-state index contributed by atoms with van der Waals surface area (Å²) >= 11 is 0.811. The maximum absolute atomic E-state index is 9.70. The highest BCUT2D eigenvalue weighted by Gasteiger charge is 2.23. The highest BCUT2D eigenvalue weighted by Crippen LogP contribution is 2.51. The van der Waals surface area contributed by atoms with Crippen LogP contribution >= 0.6 is 11.8 Å². The first-order chi connectivity index (χ1) is 31.3. The minimum absolute atomic E-state index is 0.0551. The third-order valence-electron chi connectivity index (χ3n) is 7.15. The molecule has 200 valence electrons. The van der Waals surface area contributed by atoms with E-state index in [1.807, 2.05) is 0 Å². The molecule has 0 aliphatic carbocycles. The van der Waals surface area contributed by atoms with Crippen LogP contribution in [0, 0.1) is 0 Å². The average Bonchev–Trinajstić information content (AvgIpc) is 3.29. The van der Waals surface area contributed by atoms with Crippen molar-refractivity contribution in [3.05, 3.63) is 157 Å². The molecule has 0 N–H and O–H groups in total. The van der Waals surface area contributed by atoms with Crippen molar-refractivity contribution in [2.75, 3.05) is 0 Å². The predicted molar refractivity (Wildman–Crippen MR) is 185 cm³/mol. The fraction of sp³-hybridized carbons (Fsp3) is 0. The van der Waals surface area contributed by atoms with Crippen molar-refractivity contribution in [3.8, 4) is 44.5 Å². The van der Waals surface area contributed by atoms with Gasteiger partial charge in [0.25, 0.3) is 0 Å². The summed E-state index contributed by atoms with van der Waals surface area (Å²) in [7, 11) is 0. The van der Waals surface area contributed by atoms with Crippen LogP contribution in [0.3, 0.4) is 0 Å². The lowest BCUT2D eigenvalue weighted by Gasteiger charge is -2.23. The predicted octanol–water partition coefficient (Wildman–Crippen LogP) is 12.3. The summed E-state index contributed by atoms with van der Waals surface area (Å²) in [5.74, 6) is 0. The molecule has 1 aliphatic rings. The molecular formula is C42H26S. The van der Waals surface area contributed by atoms with Crippen molar-refractivity contribution in [1.82, 2.24) is 0 Å². The molecule has 0 aromatic heterocycles. The van der Waals surface area contributed by atoms with Gasteiger partial charge >= 0.3 is 0 Å². The highest BCUT2D eigenvalue weighted by atomic mass is 32.2. The van der Waals surface area contributed by atoms with E-state index in [4.69, 9.17) is 19.2 Å². The Morgan fingerprint density at radius 2 is 0.953 bits per heavy atom. The van der Waals surface area contributed by atoms with Crippen molar-refractivity contribution in [2.24, 2.45) is 0 Å². The van der Waals surface area contributed by atoms with E-state index in [2.05, 4.69) is 0 Å². The highest BCUT2D eigenvalue weighted by molar-refractivity contribution is 7.99. The van der Waals surface area contributed by atoms with Crippen LogP contribution in [-0.2, 0) is 0 Å². The van der Waals surface area contributed by atoms with E-state index in [9.17, 15) is 13.7 Å². The maximum Gasteiger partial charge on any atom is 0.0635 e. The van der Waals surface area contributed by atoms with Gasteiger partial charge in [-0.3, -0.25) is 0 Å². The van der Waals surface area contributed by atoms with E-state index < -0.39 is 194 Å². The summed E-state index contributed by atoms with van der Waals surface area (Å²) in [6.07, 6.45) is 0. The molecule has 1 aliphatic heterocycles. The monoisotopic (exact) mass is 586 g/mol. The number of fused-ring (bicyclic) bond motifs is 4. The lowest BCUT2D eigenvalue weighted by atomic mass is 9.83. The van der Waals surface area contributed by atoms with Crippen LogP contribution in [0.2, 0.25) is 0 Å². The van der Waals surface area contributed by atoms with Crippen LogP contribution in [0.5, 0.6) is 0 Å². The number of hydrogen-bond acceptors (Lipinski definition) is 1. The van der Waals surface area contributed by atoms with Crippen LogP contribution < -0.4 is 0 Å². The molecule has 9 rings (SSSR count). The quantitative estimate of drug-likeness (QED) is 0.186. The summed E-state index contributed by atoms with van der Waals surface area (Å²) < 4.78 is 214. The fourth-order valence-electron chi connectivity index (χ4n) is 5.36. The SMILES string of the molecule is [2H]c1cc2c(c([2H])c1[2H])-c1c([2H])c([2H])c(-c3c4c([2H])c([2H])c([2H])cc4c(-c4c([2H])c([2H])c(-c5c([2H])c([2H])c([2H])c([2H])c5[2H])c([2H])c4[2H])c4c([2H])c([2H])c([2H])c([2H])c34)c3c([2H])c([2H])c([2H])c(c13)S2. The van der Waals surface area contributed by atoms with Gasteiger partial charge in [0.05, 0.1) is 32.9 Å². The zero-order valence-corrected chi connectivity index (χ0v) is 22.4. The Labute approximate surface area is 289 Å². The second kappa shape index (κ2) is 9.73. The maximum atomic E-state index is 9.70. The third-order valence-corrected chi connectivity index (χ3v) is 8.20. The lowest BCUT2D eigenvalue weighted by molar-refractivity contribution is 1.40. The molecule has 0 nitrogen and oxygen atoms in total. The van der Waals surface area contributed by atoms with Crippen molar-refractivity contribution in [1.29, 1.82) is 0 Å². The Hall–Kier alpha value is -5.11. The molecule has 0 radical (unpaired) electrons. The molecular weight excluding hydrogens is 537 g/mol. The molecule has 1 heteroatoms. The smallest absolute Gasteiger partial charge is 0.0635 e. The molecule has 8 aromatic carbocycles. The van der Waals surface area contributed by atoms with E-state index in [1.165, 1.54) is 6.07 Å². The molecule has 0 bridgehead atoms. The van der Waals surface area contributed by atoms with Gasteiger partial charge in [-0.1, -0.05) is 157 Å². The first-order valence-corrected chi connectivity index (χ1v) is 13.6. The second-order valence-electron chi connectivity index (χ2n) is 9.41. The van der Waals surface area contributed by atoms with E-state index in [-0.39, 0.29) is 37.7 Å². The van der Waals surface area contributed by atoms with Crippen molar-refractivity contribution >= 4 is 44.1 Å². The van der Waals surface area contributed by atoms with Gasteiger partial charge in [-0.15, -0.1) is 0 Å². The van der Waals surface area contributed by atoms with Gasteiger partial charge in [0, 0.05) is 15.2 Å². The van der Waals surface area contributed by atoms with Gasteiger partial charge in [-0.25, -0.2) is 0 Å². The van der Waals surface area contributed by atoms with Gasteiger partial charge in [-0.2, -0.15) is 0 Å². The summed E-state index contributed by atoms with van der Waals surface area (Å²) in [6.45, 7) is 0.